The van der Waals surface area contributed by atoms with Crippen LogP contribution >= 0.6 is 11.3 Å². The molecule has 0 unspecified atom stereocenters. The molecule has 3 rings (SSSR count). The van der Waals surface area contributed by atoms with Gasteiger partial charge in [0, 0.05) is 16.3 Å². The summed E-state index contributed by atoms with van der Waals surface area (Å²) in [4.78, 5) is 26.0. The number of carbonyl (C=O) groups is 2. The van der Waals surface area contributed by atoms with Crippen LogP contribution in [0.4, 0.5) is 0 Å². The molecule has 0 aliphatic heterocycles. The lowest BCUT2D eigenvalue weighted by Crippen LogP contribution is -2.27. The standard InChI is InChI=1S/C22H24N2O3S/c1-4-27-22(26)19-12-20(17-9-7-15(2)8-10-17)24(16(19)3)14-21(25)23-13-18-6-5-11-28-18/h5-12H,4,13-14H2,1-3H3,(H,23,25). The van der Waals surface area contributed by atoms with Crippen molar-refractivity contribution in [1.29, 1.82) is 0 Å². The zero-order chi connectivity index (χ0) is 20.1. The zero-order valence-corrected chi connectivity index (χ0v) is 17.1. The lowest BCUT2D eigenvalue weighted by Gasteiger charge is -2.12. The van der Waals surface area contributed by atoms with Gasteiger partial charge in [-0.2, -0.15) is 0 Å². The van der Waals surface area contributed by atoms with E-state index in [0.717, 1.165) is 27.4 Å². The summed E-state index contributed by atoms with van der Waals surface area (Å²) in [5.41, 5.74) is 4.14. The third kappa shape index (κ3) is 4.51. The maximum Gasteiger partial charge on any atom is 0.339 e. The van der Waals surface area contributed by atoms with Crippen LogP contribution < -0.4 is 5.32 Å². The highest BCUT2D eigenvalue weighted by molar-refractivity contribution is 7.09. The van der Waals surface area contributed by atoms with E-state index in [1.165, 1.54) is 0 Å². The molecule has 0 aliphatic carbocycles. The first-order valence-electron chi connectivity index (χ1n) is 9.23. The van der Waals surface area contributed by atoms with E-state index in [1.54, 1.807) is 18.3 Å². The van der Waals surface area contributed by atoms with Crippen molar-refractivity contribution in [3.63, 3.8) is 0 Å². The van der Waals surface area contributed by atoms with E-state index in [-0.39, 0.29) is 18.4 Å². The van der Waals surface area contributed by atoms with Crippen molar-refractivity contribution >= 4 is 23.2 Å². The molecule has 0 saturated heterocycles. The number of carbonyl (C=O) groups excluding carboxylic acids is 2. The maximum absolute atomic E-state index is 12.6. The van der Waals surface area contributed by atoms with E-state index >= 15 is 0 Å². The molecule has 5 nitrogen and oxygen atoms in total. The summed E-state index contributed by atoms with van der Waals surface area (Å²) < 4.78 is 7.06. The monoisotopic (exact) mass is 396 g/mol. The number of esters is 1. The fraction of sp³-hybridized carbons (Fsp3) is 0.273. The Morgan fingerprint density at radius 2 is 1.89 bits per heavy atom. The molecule has 1 N–H and O–H groups in total. The number of amides is 1. The van der Waals surface area contributed by atoms with Crippen molar-refractivity contribution in [2.75, 3.05) is 6.61 Å². The highest BCUT2D eigenvalue weighted by atomic mass is 32.1. The number of rotatable bonds is 7. The third-order valence-electron chi connectivity index (χ3n) is 4.55. The van der Waals surface area contributed by atoms with Crippen LogP contribution in [0, 0.1) is 13.8 Å². The minimum absolute atomic E-state index is 0.101. The van der Waals surface area contributed by atoms with Gasteiger partial charge in [0.25, 0.3) is 0 Å². The summed E-state index contributed by atoms with van der Waals surface area (Å²) in [7, 11) is 0. The Balaban J connectivity index is 1.89. The van der Waals surface area contributed by atoms with Crippen LogP contribution in [-0.4, -0.2) is 23.1 Å². The number of aryl methyl sites for hydroxylation is 1. The summed E-state index contributed by atoms with van der Waals surface area (Å²) in [6, 6.07) is 13.8. The van der Waals surface area contributed by atoms with E-state index in [1.807, 2.05) is 66.3 Å². The summed E-state index contributed by atoms with van der Waals surface area (Å²) in [6.07, 6.45) is 0. The molecule has 0 spiro atoms. The van der Waals surface area contributed by atoms with Crippen molar-refractivity contribution in [2.24, 2.45) is 0 Å². The molecule has 0 aliphatic rings. The summed E-state index contributed by atoms with van der Waals surface area (Å²) >= 11 is 1.61. The van der Waals surface area contributed by atoms with Gasteiger partial charge in [-0.3, -0.25) is 4.79 Å². The second kappa shape index (κ2) is 8.89. The number of hydrogen-bond acceptors (Lipinski definition) is 4. The van der Waals surface area contributed by atoms with Gasteiger partial charge >= 0.3 is 5.97 Å². The second-order valence-electron chi connectivity index (χ2n) is 6.56. The topological polar surface area (TPSA) is 60.3 Å². The molecular weight excluding hydrogens is 372 g/mol. The van der Waals surface area contributed by atoms with Gasteiger partial charge in [-0.25, -0.2) is 4.79 Å². The fourth-order valence-corrected chi connectivity index (χ4v) is 3.67. The molecule has 146 valence electrons. The van der Waals surface area contributed by atoms with Crippen LogP contribution in [0.1, 0.15) is 33.4 Å². The summed E-state index contributed by atoms with van der Waals surface area (Å²) in [5.74, 6) is -0.470. The minimum atomic E-state index is -0.369. The van der Waals surface area contributed by atoms with Gasteiger partial charge in [-0.1, -0.05) is 35.9 Å². The minimum Gasteiger partial charge on any atom is -0.462 e. The molecular formula is C22H24N2O3S. The molecule has 3 aromatic rings. The number of nitrogens with zero attached hydrogens (tertiary/aromatic N) is 1. The highest BCUT2D eigenvalue weighted by Crippen LogP contribution is 2.27. The van der Waals surface area contributed by atoms with Gasteiger partial charge in [0.05, 0.1) is 18.7 Å². The first-order valence-corrected chi connectivity index (χ1v) is 10.1. The normalized spacial score (nSPS) is 10.7. The molecule has 28 heavy (non-hydrogen) atoms. The van der Waals surface area contributed by atoms with Gasteiger partial charge in [-0.15, -0.1) is 11.3 Å². The predicted molar refractivity (Wildman–Crippen MR) is 111 cm³/mol. The van der Waals surface area contributed by atoms with Crippen molar-refractivity contribution in [3.8, 4) is 11.3 Å². The van der Waals surface area contributed by atoms with Gasteiger partial charge in [-0.05, 0) is 43.8 Å². The third-order valence-corrected chi connectivity index (χ3v) is 5.43. The maximum atomic E-state index is 12.6. The largest absolute Gasteiger partial charge is 0.462 e. The van der Waals surface area contributed by atoms with Gasteiger partial charge < -0.3 is 14.6 Å². The predicted octanol–water partition coefficient (Wildman–Crippen LogP) is 4.33. The van der Waals surface area contributed by atoms with Gasteiger partial charge in [0.2, 0.25) is 5.91 Å². The Morgan fingerprint density at radius 1 is 1.14 bits per heavy atom. The molecule has 0 bridgehead atoms. The van der Waals surface area contributed by atoms with Gasteiger partial charge in [0.15, 0.2) is 0 Å². The Morgan fingerprint density at radius 3 is 2.54 bits per heavy atom. The highest BCUT2D eigenvalue weighted by Gasteiger charge is 2.20. The van der Waals surface area contributed by atoms with E-state index < -0.39 is 0 Å². The number of hydrogen-bond donors (Lipinski definition) is 1. The smallest absolute Gasteiger partial charge is 0.339 e. The van der Waals surface area contributed by atoms with E-state index in [0.29, 0.717) is 18.7 Å². The second-order valence-corrected chi connectivity index (χ2v) is 7.59. The molecule has 0 saturated carbocycles. The van der Waals surface area contributed by atoms with Crippen molar-refractivity contribution in [3.05, 3.63) is 69.5 Å². The molecule has 2 heterocycles. The average Bonchev–Trinajstić information content (AvgIpc) is 3.30. The summed E-state index contributed by atoms with van der Waals surface area (Å²) in [6.45, 7) is 6.60. The Bertz CT molecular complexity index is 957. The molecule has 0 fully saturated rings. The van der Waals surface area contributed by atoms with Gasteiger partial charge in [0.1, 0.15) is 6.54 Å². The SMILES string of the molecule is CCOC(=O)c1cc(-c2ccc(C)cc2)n(CC(=O)NCc2cccs2)c1C. The van der Waals surface area contributed by atoms with Crippen LogP contribution in [0.15, 0.2) is 47.8 Å². The number of ether oxygens (including phenoxy) is 1. The molecule has 2 aromatic heterocycles. The van der Waals surface area contributed by atoms with Crippen molar-refractivity contribution < 1.29 is 14.3 Å². The van der Waals surface area contributed by atoms with Crippen LogP contribution in [0.3, 0.4) is 0 Å². The fourth-order valence-electron chi connectivity index (χ4n) is 3.03. The molecule has 1 aromatic carbocycles. The molecule has 6 heteroatoms. The van der Waals surface area contributed by atoms with Crippen LogP contribution in [-0.2, 0) is 22.6 Å². The average molecular weight is 397 g/mol. The van der Waals surface area contributed by atoms with Crippen LogP contribution in [0.25, 0.3) is 11.3 Å². The Labute approximate surface area is 169 Å². The van der Waals surface area contributed by atoms with Crippen LogP contribution in [0.5, 0.6) is 0 Å². The van der Waals surface area contributed by atoms with E-state index in [9.17, 15) is 9.59 Å². The van der Waals surface area contributed by atoms with E-state index in [4.69, 9.17) is 4.74 Å². The number of benzene rings is 1. The van der Waals surface area contributed by atoms with Crippen molar-refractivity contribution in [2.45, 2.75) is 33.9 Å². The molecule has 0 atom stereocenters. The lowest BCUT2D eigenvalue weighted by atomic mass is 10.1. The number of thiophene rings is 1. The first-order chi connectivity index (χ1) is 13.5. The lowest BCUT2D eigenvalue weighted by molar-refractivity contribution is -0.121. The Kier molecular flexibility index (Phi) is 6.31. The van der Waals surface area contributed by atoms with Crippen molar-refractivity contribution in [1.82, 2.24) is 9.88 Å². The Hall–Kier alpha value is -2.86. The molecule has 0 radical (unpaired) electrons. The zero-order valence-electron chi connectivity index (χ0n) is 16.3. The first kappa shape index (κ1) is 19.9. The quantitative estimate of drug-likeness (QED) is 0.605. The van der Waals surface area contributed by atoms with Crippen LogP contribution in [0.2, 0.25) is 0 Å². The molecule has 1 amide bonds. The number of nitrogens with one attached hydrogen (secondary N) is 1. The number of aromatic nitrogens is 1. The van der Waals surface area contributed by atoms with E-state index in [2.05, 4.69) is 5.32 Å². The summed E-state index contributed by atoms with van der Waals surface area (Å²) in [5, 5.41) is 4.93.